The molecule has 2 aromatic heterocycles. The minimum atomic E-state index is -2.28. The molecule has 8 nitrogen and oxygen atoms in total. The lowest BCUT2D eigenvalue weighted by Crippen LogP contribution is -2.33. The molecule has 3 aromatic rings. The van der Waals surface area contributed by atoms with Crippen LogP contribution in [0.25, 0.3) is 11.2 Å². The Labute approximate surface area is 177 Å². The highest BCUT2D eigenvalue weighted by Crippen LogP contribution is 2.35. The molecule has 4 rings (SSSR count). The molecule has 1 aliphatic carbocycles. The fraction of sp³-hybridized carbons (Fsp3) is 0.476. The second kappa shape index (κ2) is 8.36. The molecule has 0 atom stereocenters. The summed E-state index contributed by atoms with van der Waals surface area (Å²) in [6.07, 6.45) is 5.87. The van der Waals surface area contributed by atoms with E-state index >= 15 is 0 Å². The molecule has 0 spiro atoms. The number of nitrogens with zero attached hydrogens (tertiary/aromatic N) is 4. The summed E-state index contributed by atoms with van der Waals surface area (Å²) in [6, 6.07) is 8.28. The van der Waals surface area contributed by atoms with Gasteiger partial charge in [0.05, 0.1) is 6.33 Å². The standard InChI is InChI=1S/C21H30N7OP/c1-4-28-13-23-18-19(24-15-9-11-17(12-10-15)30(2,3)29)26-21(27-20(18)28)25-16-7-5-14(22)6-8-16/h9-14,16H,4-8,22H2,1-3H3,(H2,24,25,26,27). The van der Waals surface area contributed by atoms with Crippen LogP contribution in [0.1, 0.15) is 32.6 Å². The van der Waals surface area contributed by atoms with Gasteiger partial charge in [0.25, 0.3) is 0 Å². The van der Waals surface area contributed by atoms with Gasteiger partial charge in [0.1, 0.15) is 7.14 Å². The van der Waals surface area contributed by atoms with Gasteiger partial charge in [-0.25, -0.2) is 4.98 Å². The molecule has 9 heteroatoms. The summed E-state index contributed by atoms with van der Waals surface area (Å²) >= 11 is 0. The lowest BCUT2D eigenvalue weighted by atomic mass is 9.92. The van der Waals surface area contributed by atoms with E-state index in [1.54, 1.807) is 19.7 Å². The minimum absolute atomic E-state index is 0.301. The smallest absolute Gasteiger partial charge is 0.227 e. The van der Waals surface area contributed by atoms with Crippen molar-refractivity contribution in [1.82, 2.24) is 19.5 Å². The maximum absolute atomic E-state index is 12.3. The van der Waals surface area contributed by atoms with Gasteiger partial charge in [0, 0.05) is 29.6 Å². The van der Waals surface area contributed by atoms with Crippen LogP contribution in [0, 0.1) is 0 Å². The van der Waals surface area contributed by atoms with Crippen LogP contribution in [0.15, 0.2) is 30.6 Å². The normalized spacial score (nSPS) is 19.7. The molecule has 30 heavy (non-hydrogen) atoms. The number of aryl methyl sites for hydroxylation is 1. The maximum atomic E-state index is 12.3. The molecule has 0 aliphatic heterocycles. The van der Waals surface area contributed by atoms with Gasteiger partial charge < -0.3 is 25.5 Å². The van der Waals surface area contributed by atoms with Crippen LogP contribution in [-0.4, -0.2) is 44.9 Å². The van der Waals surface area contributed by atoms with Gasteiger partial charge in [0.2, 0.25) is 5.95 Å². The van der Waals surface area contributed by atoms with E-state index in [1.807, 2.05) is 28.8 Å². The summed E-state index contributed by atoms with van der Waals surface area (Å²) in [6.45, 7) is 6.40. The lowest BCUT2D eigenvalue weighted by molar-refractivity contribution is 0.410. The number of nitrogens with two attached hydrogens (primary N) is 1. The molecule has 2 heterocycles. The van der Waals surface area contributed by atoms with E-state index in [1.165, 1.54) is 0 Å². The summed E-state index contributed by atoms with van der Waals surface area (Å²) in [5.74, 6) is 1.26. The van der Waals surface area contributed by atoms with Gasteiger partial charge in [-0.1, -0.05) is 0 Å². The highest BCUT2D eigenvalue weighted by atomic mass is 31.2. The Balaban J connectivity index is 1.64. The minimum Gasteiger partial charge on any atom is -0.351 e. The second-order valence-corrected chi connectivity index (χ2v) is 11.6. The van der Waals surface area contributed by atoms with Gasteiger partial charge in [-0.2, -0.15) is 9.97 Å². The number of rotatable bonds is 6. The Kier molecular flexibility index (Phi) is 5.80. The molecular weight excluding hydrogens is 397 g/mol. The highest BCUT2D eigenvalue weighted by Gasteiger charge is 2.21. The molecule has 4 N–H and O–H groups in total. The Bertz CT molecular complexity index is 1060. The zero-order valence-corrected chi connectivity index (χ0v) is 18.7. The van der Waals surface area contributed by atoms with Crippen molar-refractivity contribution in [3.05, 3.63) is 30.6 Å². The van der Waals surface area contributed by atoms with E-state index in [9.17, 15) is 4.57 Å². The van der Waals surface area contributed by atoms with Gasteiger partial charge in [-0.15, -0.1) is 0 Å². The topological polar surface area (TPSA) is 111 Å². The number of anilines is 3. The van der Waals surface area contributed by atoms with Crippen LogP contribution in [0.5, 0.6) is 0 Å². The first kappa shape index (κ1) is 20.8. The van der Waals surface area contributed by atoms with Gasteiger partial charge in [-0.05, 0) is 70.2 Å². The van der Waals surface area contributed by atoms with Crippen molar-refractivity contribution in [3.8, 4) is 0 Å². The number of fused-ring (bicyclic) bond motifs is 1. The molecule has 1 fully saturated rings. The van der Waals surface area contributed by atoms with Crippen LogP contribution in [0.2, 0.25) is 0 Å². The molecule has 0 saturated heterocycles. The summed E-state index contributed by atoms with van der Waals surface area (Å²) in [5, 5.41) is 7.72. The van der Waals surface area contributed by atoms with E-state index in [4.69, 9.17) is 15.7 Å². The molecule has 0 radical (unpaired) electrons. The Hall–Kier alpha value is -2.44. The predicted molar refractivity (Wildman–Crippen MR) is 124 cm³/mol. The summed E-state index contributed by atoms with van der Waals surface area (Å²) in [7, 11) is -2.28. The average Bonchev–Trinajstić information content (AvgIpc) is 3.13. The molecule has 160 valence electrons. The SMILES string of the molecule is CCn1cnc2c(Nc3ccc(P(C)(C)=O)cc3)nc(NC3CCC(N)CC3)nc21. The number of nitrogens with one attached hydrogen (secondary N) is 2. The zero-order valence-electron chi connectivity index (χ0n) is 17.8. The van der Waals surface area contributed by atoms with Crippen molar-refractivity contribution >= 4 is 41.1 Å². The third-order valence-corrected chi connectivity index (χ3v) is 7.20. The van der Waals surface area contributed by atoms with Crippen molar-refractivity contribution in [2.45, 2.75) is 51.2 Å². The lowest BCUT2D eigenvalue weighted by Gasteiger charge is -2.26. The monoisotopic (exact) mass is 427 g/mol. The third kappa shape index (κ3) is 4.50. The van der Waals surface area contributed by atoms with E-state index in [0.29, 0.717) is 23.8 Å². The van der Waals surface area contributed by atoms with Crippen molar-refractivity contribution in [2.24, 2.45) is 5.73 Å². The van der Waals surface area contributed by atoms with Crippen LogP contribution >= 0.6 is 7.14 Å². The Morgan fingerprint density at radius 2 is 1.83 bits per heavy atom. The number of aromatic nitrogens is 4. The van der Waals surface area contributed by atoms with Crippen LogP contribution in [0.4, 0.5) is 17.5 Å². The number of hydrogen-bond acceptors (Lipinski definition) is 7. The van der Waals surface area contributed by atoms with E-state index in [0.717, 1.165) is 54.4 Å². The molecule has 0 amide bonds. The molecule has 1 aromatic carbocycles. The van der Waals surface area contributed by atoms with Crippen LogP contribution in [0.3, 0.4) is 0 Å². The largest absolute Gasteiger partial charge is 0.351 e. The number of benzene rings is 1. The molecule has 0 unspecified atom stereocenters. The van der Waals surface area contributed by atoms with Crippen molar-refractivity contribution in [1.29, 1.82) is 0 Å². The fourth-order valence-electron chi connectivity index (χ4n) is 3.81. The third-order valence-electron chi connectivity index (χ3n) is 5.66. The molecule has 0 bridgehead atoms. The molecule has 1 saturated carbocycles. The number of hydrogen-bond donors (Lipinski definition) is 3. The van der Waals surface area contributed by atoms with E-state index in [2.05, 4.69) is 22.5 Å². The van der Waals surface area contributed by atoms with E-state index in [-0.39, 0.29) is 0 Å². The van der Waals surface area contributed by atoms with E-state index < -0.39 is 7.14 Å². The summed E-state index contributed by atoms with van der Waals surface area (Å²) in [4.78, 5) is 14.0. The van der Waals surface area contributed by atoms with Crippen LogP contribution in [-0.2, 0) is 11.1 Å². The average molecular weight is 427 g/mol. The first-order valence-electron chi connectivity index (χ1n) is 10.5. The fourth-order valence-corrected chi connectivity index (χ4v) is 4.68. The first-order valence-corrected chi connectivity index (χ1v) is 13.1. The Morgan fingerprint density at radius 3 is 2.47 bits per heavy atom. The quantitative estimate of drug-likeness (QED) is 0.516. The van der Waals surface area contributed by atoms with Crippen molar-refractivity contribution in [2.75, 3.05) is 24.0 Å². The highest BCUT2D eigenvalue weighted by molar-refractivity contribution is 7.70. The van der Waals surface area contributed by atoms with Gasteiger partial charge >= 0.3 is 0 Å². The predicted octanol–water partition coefficient (Wildman–Crippen LogP) is 3.52. The molecule has 1 aliphatic rings. The Morgan fingerprint density at radius 1 is 1.13 bits per heavy atom. The van der Waals surface area contributed by atoms with Gasteiger partial charge in [-0.3, -0.25) is 0 Å². The van der Waals surface area contributed by atoms with Crippen LogP contribution < -0.4 is 21.7 Å². The second-order valence-electron chi connectivity index (χ2n) is 8.38. The molecular formula is C21H30N7OP. The summed E-state index contributed by atoms with van der Waals surface area (Å²) in [5.41, 5.74) is 8.44. The maximum Gasteiger partial charge on any atom is 0.227 e. The van der Waals surface area contributed by atoms with Crippen molar-refractivity contribution in [3.63, 3.8) is 0 Å². The summed E-state index contributed by atoms with van der Waals surface area (Å²) < 4.78 is 14.3. The zero-order chi connectivity index (χ0) is 21.3. The number of imidazole rings is 1. The van der Waals surface area contributed by atoms with Gasteiger partial charge in [0.15, 0.2) is 17.0 Å². The first-order chi connectivity index (χ1) is 14.3. The van der Waals surface area contributed by atoms with Crippen molar-refractivity contribution < 1.29 is 4.57 Å².